The van der Waals surface area contributed by atoms with Gasteiger partial charge in [0.25, 0.3) is 0 Å². The van der Waals surface area contributed by atoms with E-state index in [9.17, 15) is 0 Å². The first-order valence-electron chi connectivity index (χ1n) is 7.92. The molecular formula is C19H21NO. The van der Waals surface area contributed by atoms with E-state index in [0.717, 1.165) is 19.6 Å². The van der Waals surface area contributed by atoms with Crippen molar-refractivity contribution in [3.05, 3.63) is 70.8 Å². The summed E-state index contributed by atoms with van der Waals surface area (Å²) >= 11 is 0. The molecule has 0 radical (unpaired) electrons. The topological polar surface area (TPSA) is 21.3 Å². The highest BCUT2D eigenvalue weighted by molar-refractivity contribution is 5.35. The number of rotatable bonds is 3. The summed E-state index contributed by atoms with van der Waals surface area (Å²) < 4.78 is 5.99. The Kier molecular flexibility index (Phi) is 3.50. The number of hydrogen-bond donors (Lipinski definition) is 1. The smallest absolute Gasteiger partial charge is 0.0952 e. The number of ether oxygens (including phenoxy) is 1. The number of benzene rings is 2. The van der Waals surface area contributed by atoms with Crippen LogP contribution in [0.25, 0.3) is 0 Å². The minimum Gasteiger partial charge on any atom is -0.372 e. The molecule has 0 fully saturated rings. The fourth-order valence-corrected chi connectivity index (χ4v) is 3.66. The van der Waals surface area contributed by atoms with Crippen LogP contribution in [0.4, 0.5) is 0 Å². The van der Waals surface area contributed by atoms with Gasteiger partial charge in [-0.2, -0.15) is 0 Å². The van der Waals surface area contributed by atoms with E-state index in [4.69, 9.17) is 4.74 Å². The standard InChI is InChI=1S/C19H21NO/c1-3-7-16-14(5-1)9-10-18(16)20-13-19-17-8-4-2-6-15(17)11-12-21-19/h1-8,18-20H,9-13H2. The van der Waals surface area contributed by atoms with Crippen LogP contribution >= 0.6 is 0 Å². The van der Waals surface area contributed by atoms with Crippen LogP contribution in [0, 0.1) is 0 Å². The predicted molar refractivity (Wildman–Crippen MR) is 84.3 cm³/mol. The van der Waals surface area contributed by atoms with Crippen molar-refractivity contribution in [2.24, 2.45) is 0 Å². The molecule has 2 aromatic carbocycles. The molecule has 2 aromatic rings. The zero-order chi connectivity index (χ0) is 14.1. The molecule has 0 spiro atoms. The minimum atomic E-state index is 0.197. The van der Waals surface area contributed by atoms with E-state index in [0.29, 0.717) is 6.04 Å². The average Bonchev–Trinajstić information content (AvgIpc) is 2.96. The molecule has 108 valence electrons. The van der Waals surface area contributed by atoms with Crippen LogP contribution < -0.4 is 5.32 Å². The number of nitrogens with one attached hydrogen (secondary N) is 1. The molecule has 0 bridgehead atoms. The first kappa shape index (κ1) is 13.1. The maximum atomic E-state index is 5.99. The Hall–Kier alpha value is -1.64. The maximum absolute atomic E-state index is 5.99. The highest BCUT2D eigenvalue weighted by Gasteiger charge is 2.25. The Labute approximate surface area is 126 Å². The zero-order valence-electron chi connectivity index (χ0n) is 12.2. The van der Waals surface area contributed by atoms with Gasteiger partial charge in [-0.3, -0.25) is 0 Å². The van der Waals surface area contributed by atoms with Crippen LogP contribution in [-0.4, -0.2) is 13.2 Å². The van der Waals surface area contributed by atoms with Gasteiger partial charge in [-0.25, -0.2) is 0 Å². The summed E-state index contributed by atoms with van der Waals surface area (Å²) in [5, 5.41) is 3.72. The van der Waals surface area contributed by atoms with Crippen LogP contribution in [0.2, 0.25) is 0 Å². The van der Waals surface area contributed by atoms with Crippen molar-refractivity contribution in [2.45, 2.75) is 31.4 Å². The summed E-state index contributed by atoms with van der Waals surface area (Å²) in [5.74, 6) is 0. The molecule has 2 unspecified atom stereocenters. The van der Waals surface area contributed by atoms with Crippen LogP contribution in [0.15, 0.2) is 48.5 Å². The molecule has 1 heterocycles. The van der Waals surface area contributed by atoms with Gasteiger partial charge in [0.15, 0.2) is 0 Å². The van der Waals surface area contributed by atoms with Gasteiger partial charge >= 0.3 is 0 Å². The first-order valence-corrected chi connectivity index (χ1v) is 7.92. The van der Waals surface area contributed by atoms with Crippen molar-refractivity contribution in [3.63, 3.8) is 0 Å². The van der Waals surface area contributed by atoms with Crippen LogP contribution in [0.3, 0.4) is 0 Å². The second kappa shape index (κ2) is 5.63. The molecule has 0 saturated heterocycles. The van der Waals surface area contributed by atoms with Crippen molar-refractivity contribution < 1.29 is 4.74 Å². The summed E-state index contributed by atoms with van der Waals surface area (Å²) in [4.78, 5) is 0. The Balaban J connectivity index is 1.47. The molecule has 1 aliphatic heterocycles. The molecule has 1 N–H and O–H groups in total. The third-order valence-corrected chi connectivity index (χ3v) is 4.77. The van der Waals surface area contributed by atoms with Crippen molar-refractivity contribution in [3.8, 4) is 0 Å². The zero-order valence-corrected chi connectivity index (χ0v) is 12.2. The highest BCUT2D eigenvalue weighted by atomic mass is 16.5. The fourth-order valence-electron chi connectivity index (χ4n) is 3.66. The lowest BCUT2D eigenvalue weighted by Gasteiger charge is -2.27. The van der Waals surface area contributed by atoms with E-state index in [-0.39, 0.29) is 6.10 Å². The molecule has 0 amide bonds. The monoisotopic (exact) mass is 279 g/mol. The van der Waals surface area contributed by atoms with Gasteiger partial charge in [-0.05, 0) is 41.5 Å². The lowest BCUT2D eigenvalue weighted by atomic mass is 9.97. The van der Waals surface area contributed by atoms with Gasteiger partial charge in [-0.1, -0.05) is 48.5 Å². The van der Waals surface area contributed by atoms with Gasteiger partial charge in [0, 0.05) is 12.6 Å². The van der Waals surface area contributed by atoms with Gasteiger partial charge in [0.05, 0.1) is 12.7 Å². The lowest BCUT2D eigenvalue weighted by Crippen LogP contribution is -2.29. The van der Waals surface area contributed by atoms with Gasteiger partial charge in [-0.15, -0.1) is 0 Å². The summed E-state index contributed by atoms with van der Waals surface area (Å²) in [6.07, 6.45) is 3.63. The van der Waals surface area contributed by atoms with Crippen molar-refractivity contribution in [2.75, 3.05) is 13.2 Å². The summed E-state index contributed by atoms with van der Waals surface area (Å²) in [7, 11) is 0. The Morgan fingerprint density at radius 3 is 2.48 bits per heavy atom. The highest BCUT2D eigenvalue weighted by Crippen LogP contribution is 2.32. The maximum Gasteiger partial charge on any atom is 0.0952 e. The Bertz CT molecular complexity index is 637. The van der Waals surface area contributed by atoms with Crippen molar-refractivity contribution in [1.82, 2.24) is 5.32 Å². The normalized spacial score (nSPS) is 23.6. The van der Waals surface area contributed by atoms with E-state index in [1.165, 1.54) is 35.1 Å². The molecular weight excluding hydrogens is 258 g/mol. The molecule has 2 nitrogen and oxygen atoms in total. The quantitative estimate of drug-likeness (QED) is 0.927. The number of aryl methyl sites for hydroxylation is 1. The van der Waals surface area contributed by atoms with E-state index >= 15 is 0 Å². The third kappa shape index (κ3) is 2.50. The molecule has 2 heteroatoms. The average molecular weight is 279 g/mol. The molecule has 1 aliphatic carbocycles. The van der Waals surface area contributed by atoms with E-state index in [2.05, 4.69) is 53.8 Å². The van der Waals surface area contributed by atoms with E-state index in [1.54, 1.807) is 0 Å². The van der Waals surface area contributed by atoms with Gasteiger partial charge in [0.1, 0.15) is 0 Å². The number of hydrogen-bond acceptors (Lipinski definition) is 2. The Morgan fingerprint density at radius 1 is 0.905 bits per heavy atom. The minimum absolute atomic E-state index is 0.197. The lowest BCUT2D eigenvalue weighted by molar-refractivity contribution is 0.0406. The predicted octanol–water partition coefficient (Wildman–Crippen LogP) is 3.58. The van der Waals surface area contributed by atoms with E-state index < -0.39 is 0 Å². The molecule has 21 heavy (non-hydrogen) atoms. The second-order valence-corrected chi connectivity index (χ2v) is 6.01. The van der Waals surface area contributed by atoms with E-state index in [1.807, 2.05) is 0 Å². The van der Waals surface area contributed by atoms with Crippen LogP contribution in [0.5, 0.6) is 0 Å². The molecule has 2 aliphatic rings. The fraction of sp³-hybridized carbons (Fsp3) is 0.368. The number of fused-ring (bicyclic) bond motifs is 2. The molecule has 2 atom stereocenters. The third-order valence-electron chi connectivity index (χ3n) is 4.77. The SMILES string of the molecule is c1ccc2c(c1)CCC2NCC1OCCc2ccccc21. The summed E-state index contributed by atoms with van der Waals surface area (Å²) in [6, 6.07) is 18.0. The second-order valence-electron chi connectivity index (χ2n) is 6.01. The summed E-state index contributed by atoms with van der Waals surface area (Å²) in [6.45, 7) is 1.74. The van der Waals surface area contributed by atoms with Crippen molar-refractivity contribution in [1.29, 1.82) is 0 Å². The largest absolute Gasteiger partial charge is 0.372 e. The molecule has 4 rings (SSSR count). The molecule has 0 saturated carbocycles. The van der Waals surface area contributed by atoms with Gasteiger partial charge in [0.2, 0.25) is 0 Å². The van der Waals surface area contributed by atoms with Crippen LogP contribution in [-0.2, 0) is 17.6 Å². The molecule has 0 aromatic heterocycles. The van der Waals surface area contributed by atoms with Gasteiger partial charge < -0.3 is 10.1 Å². The van der Waals surface area contributed by atoms with Crippen molar-refractivity contribution >= 4 is 0 Å². The first-order chi connectivity index (χ1) is 10.4. The summed E-state index contributed by atoms with van der Waals surface area (Å²) in [5.41, 5.74) is 5.78. The Morgan fingerprint density at radius 2 is 1.62 bits per heavy atom. The van der Waals surface area contributed by atoms with Crippen LogP contribution in [0.1, 0.15) is 40.8 Å².